The largest absolute Gasteiger partial charge is 0.469 e. The number of rotatable bonds is 10. The molecule has 0 bridgehead atoms. The number of carbonyl (C=O) groups is 1. The summed E-state index contributed by atoms with van der Waals surface area (Å²) >= 11 is 0. The van der Waals surface area contributed by atoms with Crippen molar-refractivity contribution in [1.29, 1.82) is 0 Å². The highest BCUT2D eigenvalue weighted by molar-refractivity contribution is 5.82. The standard InChI is InChI=1S/C26H32O6/c1-28-17-31-23-12-8-21(9-13-23)26(22-10-14-24(15-11-22)32-18-29-2)20-6-4-19(5-7-20)16-25(27)30-3/h8-15,19H,4-7,16-18H2,1-3H3. The van der Waals surface area contributed by atoms with Gasteiger partial charge in [0.15, 0.2) is 13.6 Å². The van der Waals surface area contributed by atoms with Gasteiger partial charge in [0.2, 0.25) is 0 Å². The lowest BCUT2D eigenvalue weighted by Crippen LogP contribution is -2.15. The second kappa shape index (κ2) is 12.3. The van der Waals surface area contributed by atoms with Gasteiger partial charge in [0, 0.05) is 20.6 Å². The molecule has 3 rings (SSSR count). The number of benzene rings is 2. The summed E-state index contributed by atoms with van der Waals surface area (Å²) in [6.07, 6.45) is 4.38. The van der Waals surface area contributed by atoms with E-state index in [4.69, 9.17) is 23.7 Å². The quantitative estimate of drug-likeness (QED) is 0.373. The molecule has 172 valence electrons. The lowest BCUT2D eigenvalue weighted by atomic mass is 9.79. The molecule has 2 aromatic rings. The zero-order valence-corrected chi connectivity index (χ0v) is 19.1. The van der Waals surface area contributed by atoms with Crippen molar-refractivity contribution in [1.82, 2.24) is 0 Å². The fraction of sp³-hybridized carbons (Fsp3) is 0.423. The first-order chi connectivity index (χ1) is 15.6. The molecule has 2 aromatic carbocycles. The van der Waals surface area contributed by atoms with Crippen molar-refractivity contribution in [2.24, 2.45) is 5.92 Å². The van der Waals surface area contributed by atoms with Gasteiger partial charge in [-0.2, -0.15) is 0 Å². The van der Waals surface area contributed by atoms with Crippen LogP contribution in [0.3, 0.4) is 0 Å². The van der Waals surface area contributed by atoms with Gasteiger partial charge >= 0.3 is 5.97 Å². The van der Waals surface area contributed by atoms with Gasteiger partial charge in [0.1, 0.15) is 11.5 Å². The summed E-state index contributed by atoms with van der Waals surface area (Å²) < 4.78 is 25.9. The van der Waals surface area contributed by atoms with E-state index in [0.717, 1.165) is 48.3 Å². The van der Waals surface area contributed by atoms with E-state index >= 15 is 0 Å². The maximum atomic E-state index is 11.7. The molecule has 6 nitrogen and oxygen atoms in total. The third-order valence-electron chi connectivity index (χ3n) is 5.72. The van der Waals surface area contributed by atoms with Crippen molar-refractivity contribution < 1.29 is 28.5 Å². The number of hydrogen-bond acceptors (Lipinski definition) is 6. The van der Waals surface area contributed by atoms with Gasteiger partial charge < -0.3 is 23.7 Å². The first kappa shape index (κ1) is 23.8. The average Bonchev–Trinajstić information content (AvgIpc) is 2.84. The Morgan fingerprint density at radius 2 is 1.25 bits per heavy atom. The molecule has 0 saturated heterocycles. The second-order valence-corrected chi connectivity index (χ2v) is 7.85. The lowest BCUT2D eigenvalue weighted by Gasteiger charge is -2.26. The normalized spacial score (nSPS) is 15.8. The molecule has 6 heteroatoms. The minimum atomic E-state index is -0.124. The molecule has 0 unspecified atom stereocenters. The molecule has 0 atom stereocenters. The highest BCUT2D eigenvalue weighted by Crippen LogP contribution is 2.38. The Balaban J connectivity index is 1.86. The number of methoxy groups -OCH3 is 3. The van der Waals surface area contributed by atoms with E-state index in [1.54, 1.807) is 14.2 Å². The molecular formula is C26H32O6. The van der Waals surface area contributed by atoms with E-state index in [-0.39, 0.29) is 19.6 Å². The molecule has 0 N–H and O–H groups in total. The minimum Gasteiger partial charge on any atom is -0.469 e. The summed E-state index contributed by atoms with van der Waals surface area (Å²) in [5, 5.41) is 0. The van der Waals surface area contributed by atoms with E-state index in [2.05, 4.69) is 24.3 Å². The smallest absolute Gasteiger partial charge is 0.305 e. The number of hydrogen-bond donors (Lipinski definition) is 0. The van der Waals surface area contributed by atoms with Crippen molar-refractivity contribution in [3.8, 4) is 11.5 Å². The van der Waals surface area contributed by atoms with E-state index in [9.17, 15) is 4.79 Å². The van der Waals surface area contributed by atoms with Crippen LogP contribution in [-0.2, 0) is 19.0 Å². The van der Waals surface area contributed by atoms with Crippen molar-refractivity contribution in [2.75, 3.05) is 34.9 Å². The van der Waals surface area contributed by atoms with Crippen molar-refractivity contribution in [3.05, 3.63) is 65.2 Å². The van der Waals surface area contributed by atoms with E-state index in [0.29, 0.717) is 12.3 Å². The van der Waals surface area contributed by atoms with E-state index in [1.807, 2.05) is 24.3 Å². The van der Waals surface area contributed by atoms with Crippen LogP contribution in [0.5, 0.6) is 11.5 Å². The van der Waals surface area contributed by atoms with Crippen LogP contribution < -0.4 is 9.47 Å². The van der Waals surface area contributed by atoms with Gasteiger partial charge in [-0.25, -0.2) is 0 Å². The van der Waals surface area contributed by atoms with Crippen LogP contribution in [-0.4, -0.2) is 40.9 Å². The molecule has 32 heavy (non-hydrogen) atoms. The Morgan fingerprint density at radius 1 is 0.781 bits per heavy atom. The van der Waals surface area contributed by atoms with Crippen LogP contribution in [0.25, 0.3) is 5.57 Å². The fourth-order valence-corrected chi connectivity index (χ4v) is 4.06. The number of allylic oxidation sites excluding steroid dienone is 1. The molecule has 0 aromatic heterocycles. The SMILES string of the molecule is COCOc1ccc(C(=C2CCC(CC(=O)OC)CC2)c2ccc(OCOC)cc2)cc1. The Labute approximate surface area is 190 Å². The zero-order chi connectivity index (χ0) is 22.8. The summed E-state index contributed by atoms with van der Waals surface area (Å²) in [7, 11) is 4.66. The summed E-state index contributed by atoms with van der Waals surface area (Å²) in [6, 6.07) is 16.2. The number of carbonyl (C=O) groups excluding carboxylic acids is 1. The predicted molar refractivity (Wildman–Crippen MR) is 123 cm³/mol. The van der Waals surface area contributed by atoms with Crippen LogP contribution in [0, 0.1) is 5.92 Å². The molecule has 1 aliphatic rings. The van der Waals surface area contributed by atoms with Gasteiger partial charge in [-0.15, -0.1) is 0 Å². The first-order valence-electron chi connectivity index (χ1n) is 10.9. The van der Waals surface area contributed by atoms with Gasteiger partial charge in [-0.1, -0.05) is 29.8 Å². The second-order valence-electron chi connectivity index (χ2n) is 7.85. The minimum absolute atomic E-state index is 0.124. The highest BCUT2D eigenvalue weighted by atomic mass is 16.7. The number of esters is 1. The molecule has 0 amide bonds. The van der Waals surface area contributed by atoms with E-state index in [1.165, 1.54) is 18.3 Å². The third-order valence-corrected chi connectivity index (χ3v) is 5.72. The molecule has 1 fully saturated rings. The Kier molecular flexibility index (Phi) is 9.13. The highest BCUT2D eigenvalue weighted by Gasteiger charge is 2.23. The molecule has 0 heterocycles. The van der Waals surface area contributed by atoms with Gasteiger partial charge in [-0.05, 0) is 72.6 Å². The van der Waals surface area contributed by atoms with E-state index < -0.39 is 0 Å². The van der Waals surface area contributed by atoms with Crippen LogP contribution in [0.2, 0.25) is 0 Å². The summed E-state index contributed by atoms with van der Waals surface area (Å²) in [6.45, 7) is 0.440. The van der Waals surface area contributed by atoms with Gasteiger partial charge in [-0.3, -0.25) is 4.79 Å². The average molecular weight is 441 g/mol. The van der Waals surface area contributed by atoms with Gasteiger partial charge in [0.25, 0.3) is 0 Å². The Hall–Kier alpha value is -2.83. The Morgan fingerprint density at radius 3 is 1.66 bits per heavy atom. The van der Waals surface area contributed by atoms with Gasteiger partial charge in [0.05, 0.1) is 7.11 Å². The maximum Gasteiger partial charge on any atom is 0.305 e. The maximum absolute atomic E-state index is 11.7. The predicted octanol–water partition coefficient (Wildman–Crippen LogP) is 5.21. The number of ether oxygens (including phenoxy) is 5. The summed E-state index contributed by atoms with van der Waals surface area (Å²) in [5.41, 5.74) is 4.92. The van der Waals surface area contributed by atoms with Crippen LogP contribution in [0.15, 0.2) is 54.1 Å². The van der Waals surface area contributed by atoms with Crippen LogP contribution in [0.1, 0.15) is 43.2 Å². The molecule has 1 saturated carbocycles. The molecule has 0 spiro atoms. The van der Waals surface area contributed by atoms with Crippen LogP contribution in [0.4, 0.5) is 0 Å². The molecule has 0 radical (unpaired) electrons. The molecule has 1 aliphatic carbocycles. The van der Waals surface area contributed by atoms with Crippen molar-refractivity contribution in [2.45, 2.75) is 32.1 Å². The fourth-order valence-electron chi connectivity index (χ4n) is 4.06. The lowest BCUT2D eigenvalue weighted by molar-refractivity contribution is -0.141. The van der Waals surface area contributed by atoms with Crippen molar-refractivity contribution >= 4 is 11.5 Å². The first-order valence-corrected chi connectivity index (χ1v) is 10.9. The Bertz CT molecular complexity index is 822. The topological polar surface area (TPSA) is 63.2 Å². The summed E-state index contributed by atoms with van der Waals surface area (Å²) in [4.78, 5) is 11.7. The summed E-state index contributed by atoms with van der Waals surface area (Å²) in [5.74, 6) is 1.79. The van der Waals surface area contributed by atoms with Crippen molar-refractivity contribution in [3.63, 3.8) is 0 Å². The molecule has 0 aliphatic heterocycles. The van der Waals surface area contributed by atoms with Crippen LogP contribution >= 0.6 is 0 Å². The monoisotopic (exact) mass is 440 g/mol. The third kappa shape index (κ3) is 6.58. The molecular weight excluding hydrogens is 408 g/mol. The zero-order valence-electron chi connectivity index (χ0n) is 19.1.